The van der Waals surface area contributed by atoms with Gasteiger partial charge < -0.3 is 0 Å². The monoisotopic (exact) mass is 673 g/mol. The molecule has 0 aromatic heterocycles. The molecule has 0 aromatic rings. The summed E-state index contributed by atoms with van der Waals surface area (Å²) in [5, 5.41) is -4.73. The number of alkyl halides is 23. The number of hydrogen-bond acceptors (Lipinski definition) is 2. The molecule has 4 bridgehead atoms. The first-order valence-electron chi connectivity index (χ1n) is 9.07. The predicted octanol–water partition coefficient (Wildman–Crippen LogP) is 7.25. The average molecular weight is 673 g/mol. The summed E-state index contributed by atoms with van der Waals surface area (Å²) in [6.45, 7) is 0. The summed E-state index contributed by atoms with van der Waals surface area (Å²) in [4.78, 5) is 0. The molecule has 0 amide bonds. The maximum atomic E-state index is 15.4. The zero-order valence-corrected chi connectivity index (χ0v) is 17.3. The third kappa shape index (κ3) is 2.37. The fourth-order valence-electron chi connectivity index (χ4n) is 5.09. The Kier molecular flexibility index (Phi) is 5.83. The summed E-state index contributed by atoms with van der Waals surface area (Å²) in [7, 11) is 0. The van der Waals surface area contributed by atoms with Crippen LogP contribution in [-0.4, -0.2) is 87.5 Å². The lowest BCUT2D eigenvalue weighted by Gasteiger charge is -2.76. The Morgan fingerprint density at radius 1 is 0.415 bits per heavy atom. The van der Waals surface area contributed by atoms with Crippen LogP contribution < -0.4 is 0 Å². The van der Waals surface area contributed by atoms with E-state index in [0.29, 0.717) is 0 Å². The van der Waals surface area contributed by atoms with Crippen LogP contribution in [0.2, 0.25) is 0 Å². The van der Waals surface area contributed by atoms with Crippen molar-refractivity contribution in [2.24, 2.45) is 0 Å². The fourth-order valence-corrected chi connectivity index (χ4v) is 5.09. The lowest BCUT2D eigenvalue weighted by molar-refractivity contribution is -0.637. The first-order valence-corrected chi connectivity index (χ1v) is 9.07. The molecule has 0 aromatic carbocycles. The molecule has 4 fully saturated rings. The number of rotatable bonds is 4. The lowest BCUT2D eigenvalue weighted by Crippen LogP contribution is -3.11. The Hall–Kier alpha value is -1.83. The van der Waals surface area contributed by atoms with E-state index < -0.39 is 87.5 Å². The van der Waals surface area contributed by atoms with E-state index in [2.05, 4.69) is 0 Å². The van der Waals surface area contributed by atoms with Crippen molar-refractivity contribution in [2.45, 2.75) is 82.1 Å². The van der Waals surface area contributed by atoms with E-state index in [1.165, 1.54) is 4.74 Å². The molecule has 4 rings (SSSR count). The van der Waals surface area contributed by atoms with E-state index in [-0.39, 0.29) is 0 Å². The zero-order valence-electron chi connectivity index (χ0n) is 17.3. The normalized spacial score (nSPS) is 43.8. The molecule has 27 heteroatoms. The van der Waals surface area contributed by atoms with Crippen LogP contribution in [0.25, 0.3) is 0 Å². The second kappa shape index (κ2) is 7.10. The fraction of sp³-hybridized carbons (Fsp3) is 1.00. The Balaban J connectivity index is 2.75. The summed E-state index contributed by atoms with van der Waals surface area (Å²) >= 11 is 0. The van der Waals surface area contributed by atoms with Crippen molar-refractivity contribution in [3.63, 3.8) is 0 Å². The Labute approximate surface area is 203 Å². The van der Waals surface area contributed by atoms with Crippen molar-refractivity contribution in [3.8, 4) is 0 Å². The van der Waals surface area contributed by atoms with Crippen molar-refractivity contribution in [1.82, 2.24) is 5.34 Å². The van der Waals surface area contributed by atoms with E-state index >= 15 is 8.78 Å². The minimum absolute atomic E-state index is 1.20. The van der Waals surface area contributed by atoms with Crippen LogP contribution in [0.5, 0.6) is 0 Å². The maximum Gasteiger partial charge on any atom is 0.451 e. The molecule has 1 unspecified atom stereocenters. The second-order valence-electron chi connectivity index (χ2n) is 8.66. The van der Waals surface area contributed by atoms with Gasteiger partial charge in [0.25, 0.3) is 16.9 Å². The predicted molar refractivity (Wildman–Crippen MR) is 68.9 cm³/mol. The van der Waals surface area contributed by atoms with Gasteiger partial charge in [-0.2, -0.15) is 79.0 Å². The number of hydrogen-bond donors (Lipinski definition) is 0. The van der Waals surface area contributed by atoms with Gasteiger partial charge >= 0.3 is 65.2 Å². The topological polar surface area (TPSA) is 12.5 Å². The van der Waals surface area contributed by atoms with Crippen molar-refractivity contribution in [1.29, 1.82) is 0 Å². The average Bonchev–Trinajstić information content (AvgIpc) is 2.74. The van der Waals surface area contributed by atoms with Crippen LogP contribution in [0.1, 0.15) is 0 Å². The number of ether oxygens (including phenoxy) is 1. The van der Waals surface area contributed by atoms with Gasteiger partial charge in [-0.05, 0) is 0 Å². The molecule has 0 N–H and O–H groups in total. The van der Waals surface area contributed by atoms with Crippen LogP contribution in [0.4, 0.5) is 110 Å². The molecular weight excluding hydrogens is 673 g/mol. The van der Waals surface area contributed by atoms with Crippen LogP contribution in [-0.2, 0) is 4.74 Å². The van der Waals surface area contributed by atoms with Crippen molar-refractivity contribution < 1.29 is 115 Å². The van der Waals surface area contributed by atoms with Crippen LogP contribution >= 0.6 is 0 Å². The standard InChI is InChI=1S/C14F25NO/c15-1-5(12(30,31)32,41-14(36,37)11(29,40(38)39)13(33,34)35)2(16)8(23,24)3(17,6(1,19)20)10(27,28)4(18,7(1,21)22)9(2,25)26. The molecule has 4 saturated carbocycles. The summed E-state index contributed by atoms with van der Waals surface area (Å²) in [5.41, 5.74) is -45.5. The molecule has 2 nitrogen and oxygen atoms in total. The van der Waals surface area contributed by atoms with E-state index in [4.69, 9.17) is 0 Å². The van der Waals surface area contributed by atoms with Crippen LogP contribution in [0.3, 0.4) is 0 Å². The summed E-state index contributed by atoms with van der Waals surface area (Å²) < 4.78 is 353. The van der Waals surface area contributed by atoms with Crippen molar-refractivity contribution >= 4 is 0 Å². The van der Waals surface area contributed by atoms with E-state index in [0.717, 1.165) is 0 Å². The zero-order chi connectivity index (χ0) is 33.3. The van der Waals surface area contributed by atoms with Crippen LogP contribution in [0, 0.1) is 0 Å². The van der Waals surface area contributed by atoms with E-state index in [1.54, 1.807) is 0 Å². The highest BCUT2D eigenvalue weighted by Crippen LogP contribution is 2.90. The molecular formula is C14F25NO. The van der Waals surface area contributed by atoms with Gasteiger partial charge in [-0.25, -0.2) is 22.0 Å². The van der Waals surface area contributed by atoms with E-state index in [1.807, 2.05) is 0 Å². The Bertz CT molecular complexity index is 1050. The largest absolute Gasteiger partial charge is 0.451 e. The smallest absolute Gasteiger partial charge is 0.292 e. The summed E-state index contributed by atoms with van der Waals surface area (Å²) in [5.74, 6) is -53.5. The van der Waals surface area contributed by atoms with Crippen molar-refractivity contribution in [3.05, 3.63) is 0 Å². The minimum atomic E-state index is -9.43. The number of halogens is 25. The van der Waals surface area contributed by atoms with Gasteiger partial charge in [-0.15, -0.1) is 0 Å². The van der Waals surface area contributed by atoms with Gasteiger partial charge in [0.1, 0.15) is 0 Å². The van der Waals surface area contributed by atoms with Crippen LogP contribution in [0.15, 0.2) is 0 Å². The van der Waals surface area contributed by atoms with Gasteiger partial charge in [0.2, 0.25) is 0 Å². The Morgan fingerprint density at radius 3 is 0.854 bits per heavy atom. The highest BCUT2D eigenvalue weighted by molar-refractivity contribution is 5.56. The SMILES string of the molecule is FN(F)C(F)(C(F)(F)F)C(F)(F)OC1(C(F)(F)F)C2(F)C(F)(F)C3(F)C(F)(F)C(F)(C2(F)F)C(F)(F)C1(F)C3(F)F. The molecule has 0 heterocycles. The second-order valence-corrected chi connectivity index (χ2v) is 8.66. The van der Waals surface area contributed by atoms with E-state index in [9.17, 15) is 101 Å². The maximum absolute atomic E-state index is 15.4. The minimum Gasteiger partial charge on any atom is -0.292 e. The summed E-state index contributed by atoms with van der Waals surface area (Å²) in [6, 6.07) is 0. The third-order valence-corrected chi connectivity index (χ3v) is 6.97. The molecule has 41 heavy (non-hydrogen) atoms. The van der Waals surface area contributed by atoms with Gasteiger partial charge in [0, 0.05) is 0 Å². The molecule has 4 aliphatic rings. The number of nitrogens with zero attached hydrogens (tertiary/aromatic N) is 1. The molecule has 0 spiro atoms. The molecule has 0 radical (unpaired) electrons. The van der Waals surface area contributed by atoms with Crippen molar-refractivity contribution in [2.75, 3.05) is 0 Å². The Morgan fingerprint density at radius 2 is 0.659 bits per heavy atom. The molecule has 242 valence electrons. The molecule has 0 saturated heterocycles. The van der Waals surface area contributed by atoms with Gasteiger partial charge in [-0.3, -0.25) is 4.74 Å². The van der Waals surface area contributed by atoms with Gasteiger partial charge in [0.05, 0.1) is 5.34 Å². The third-order valence-electron chi connectivity index (χ3n) is 6.97. The first-order chi connectivity index (χ1) is 17.4. The highest BCUT2D eigenvalue weighted by Gasteiger charge is 3.25. The molecule has 0 aliphatic heterocycles. The lowest BCUT2D eigenvalue weighted by atomic mass is 9.37. The highest BCUT2D eigenvalue weighted by atomic mass is 19.4. The molecule has 4 aliphatic carbocycles. The molecule has 1 atom stereocenters. The summed E-state index contributed by atoms with van der Waals surface area (Å²) in [6.07, 6.45) is -26.4. The first kappa shape index (κ1) is 33.7. The van der Waals surface area contributed by atoms with Gasteiger partial charge in [-0.1, -0.05) is 8.96 Å². The van der Waals surface area contributed by atoms with Gasteiger partial charge in [0.15, 0.2) is 0 Å². The quantitative estimate of drug-likeness (QED) is 0.177.